The van der Waals surface area contributed by atoms with Gasteiger partial charge in [-0.3, -0.25) is 19.2 Å². The van der Waals surface area contributed by atoms with Crippen LogP contribution in [0.3, 0.4) is 0 Å². The molecule has 4 atom stereocenters. The highest BCUT2D eigenvalue weighted by Crippen LogP contribution is 2.29. The van der Waals surface area contributed by atoms with Gasteiger partial charge >= 0.3 is 5.97 Å². The monoisotopic (exact) mass is 656 g/mol. The lowest BCUT2D eigenvalue weighted by atomic mass is 9.85. The van der Waals surface area contributed by atoms with E-state index in [4.69, 9.17) is 5.11 Å². The Morgan fingerprint density at radius 2 is 1.54 bits per heavy atom. The number of nitrogens with one attached hydrogen (secondary N) is 2. The minimum atomic E-state index is -0.841. The molecule has 0 radical (unpaired) electrons. The summed E-state index contributed by atoms with van der Waals surface area (Å²) in [5.74, 6) is -1.64. The third-order valence-corrected chi connectivity index (χ3v) is 9.58. The molecule has 10 nitrogen and oxygen atoms in total. The highest BCUT2D eigenvalue weighted by atomic mass is 32.1. The van der Waals surface area contributed by atoms with Crippen molar-refractivity contribution in [2.75, 3.05) is 6.54 Å². The molecule has 2 aromatic rings. The summed E-state index contributed by atoms with van der Waals surface area (Å²) < 4.78 is 0. The van der Waals surface area contributed by atoms with Crippen LogP contribution in [0.5, 0.6) is 0 Å². The number of amides is 3. The number of likely N-dealkylation sites (tertiary alicyclic amines) is 1. The third kappa shape index (κ3) is 11.2. The maximum atomic E-state index is 13.9. The number of carbonyl (C=O) groups is 4. The highest BCUT2D eigenvalue weighted by molar-refractivity contribution is 7.13. The van der Waals surface area contributed by atoms with Crippen molar-refractivity contribution < 1.29 is 29.4 Å². The number of hydrogen-bond donors (Lipinski definition) is 4. The van der Waals surface area contributed by atoms with Crippen LogP contribution in [0.2, 0.25) is 0 Å². The van der Waals surface area contributed by atoms with Gasteiger partial charge in [-0.2, -0.15) is 0 Å². The summed E-state index contributed by atoms with van der Waals surface area (Å²) in [6.07, 6.45) is 7.24. The Hall–Kier alpha value is -3.31. The molecule has 0 aliphatic carbocycles. The van der Waals surface area contributed by atoms with E-state index in [1.807, 2.05) is 64.4 Å². The third-order valence-electron chi connectivity index (χ3n) is 8.60. The molecule has 1 fully saturated rings. The number of rotatable bonds is 17. The number of thiazole rings is 1. The van der Waals surface area contributed by atoms with Crippen LogP contribution in [-0.2, 0) is 19.2 Å². The lowest BCUT2D eigenvalue weighted by Crippen LogP contribution is -2.57. The van der Waals surface area contributed by atoms with E-state index >= 15 is 0 Å². The van der Waals surface area contributed by atoms with Gasteiger partial charge < -0.3 is 25.7 Å². The van der Waals surface area contributed by atoms with Gasteiger partial charge in [-0.25, -0.2) is 4.98 Å². The van der Waals surface area contributed by atoms with Gasteiger partial charge in [-0.05, 0) is 43.2 Å². The van der Waals surface area contributed by atoms with Gasteiger partial charge in [0.15, 0.2) is 0 Å². The standard InChI is InChI=1S/C35H52N4O6S/c1-23(25-16-18-26(19-17-25)31-24(2)36-22-46-31)37-33(44)28-20-27(40)21-39(28)34(45)32(35(3,4)5)38-29(41)14-12-10-8-6-7-9-11-13-15-30(42)43/h16-19,22-23,27-28,32,40H,6-15,20-21H2,1-5H3,(H,37,44)(H,38,41)(H,42,43)/t23-,27+,28-,32+/m0/s1. The molecule has 46 heavy (non-hydrogen) atoms. The molecule has 1 aliphatic rings. The first kappa shape index (κ1) is 37.2. The minimum absolute atomic E-state index is 0.0347. The molecule has 0 bridgehead atoms. The molecule has 4 N–H and O–H groups in total. The number of aliphatic carboxylic acids is 1. The maximum Gasteiger partial charge on any atom is 0.303 e. The number of nitrogens with zero attached hydrogens (tertiary/aromatic N) is 2. The number of carboxylic acids is 1. The van der Waals surface area contributed by atoms with Crippen molar-refractivity contribution in [3.63, 3.8) is 0 Å². The number of benzene rings is 1. The van der Waals surface area contributed by atoms with Gasteiger partial charge in [0.1, 0.15) is 12.1 Å². The fourth-order valence-corrected chi connectivity index (χ4v) is 6.68. The molecule has 1 aromatic carbocycles. The minimum Gasteiger partial charge on any atom is -0.481 e. The van der Waals surface area contributed by atoms with Gasteiger partial charge in [0.05, 0.1) is 28.2 Å². The first-order valence-electron chi connectivity index (χ1n) is 16.6. The van der Waals surface area contributed by atoms with E-state index in [0.717, 1.165) is 60.2 Å². The Labute approximate surface area is 277 Å². The molecule has 3 rings (SSSR count). The lowest BCUT2D eigenvalue weighted by Gasteiger charge is -2.35. The maximum absolute atomic E-state index is 13.9. The number of carboxylic acid groups (broad SMARTS) is 1. The van der Waals surface area contributed by atoms with E-state index in [2.05, 4.69) is 15.6 Å². The van der Waals surface area contributed by atoms with Crippen molar-refractivity contribution in [3.05, 3.63) is 41.0 Å². The van der Waals surface area contributed by atoms with E-state index in [1.54, 1.807) is 11.3 Å². The second kappa shape index (κ2) is 17.6. The van der Waals surface area contributed by atoms with Crippen LogP contribution in [0.1, 0.15) is 116 Å². The number of aliphatic hydroxyl groups excluding tert-OH is 1. The Bertz CT molecular complexity index is 1300. The quantitative estimate of drug-likeness (QED) is 0.158. The molecule has 1 saturated heterocycles. The molecule has 2 heterocycles. The van der Waals surface area contributed by atoms with Crippen LogP contribution in [0.4, 0.5) is 0 Å². The fraction of sp³-hybridized carbons (Fsp3) is 0.629. The van der Waals surface area contributed by atoms with Crippen molar-refractivity contribution >= 4 is 35.0 Å². The summed E-state index contributed by atoms with van der Waals surface area (Å²) in [5, 5.41) is 25.2. The summed E-state index contributed by atoms with van der Waals surface area (Å²) in [6.45, 7) is 9.55. The summed E-state index contributed by atoms with van der Waals surface area (Å²) in [5.41, 5.74) is 4.18. The Morgan fingerprint density at radius 3 is 2.09 bits per heavy atom. The molecule has 11 heteroatoms. The average molecular weight is 657 g/mol. The number of aryl methyl sites for hydroxylation is 1. The lowest BCUT2D eigenvalue weighted by molar-refractivity contribution is -0.144. The van der Waals surface area contributed by atoms with Gasteiger partial charge in [0.2, 0.25) is 17.7 Å². The molecule has 3 amide bonds. The first-order chi connectivity index (χ1) is 21.8. The van der Waals surface area contributed by atoms with Gasteiger partial charge in [0, 0.05) is 25.8 Å². The van der Waals surface area contributed by atoms with E-state index in [-0.39, 0.29) is 43.1 Å². The predicted octanol–water partition coefficient (Wildman–Crippen LogP) is 5.77. The van der Waals surface area contributed by atoms with E-state index in [9.17, 15) is 24.3 Å². The topological polar surface area (TPSA) is 149 Å². The van der Waals surface area contributed by atoms with Gasteiger partial charge in [-0.15, -0.1) is 11.3 Å². The van der Waals surface area contributed by atoms with Crippen LogP contribution >= 0.6 is 11.3 Å². The second-order valence-electron chi connectivity index (χ2n) is 13.6. The van der Waals surface area contributed by atoms with Crippen LogP contribution in [0.15, 0.2) is 29.8 Å². The highest BCUT2D eigenvalue weighted by Gasteiger charge is 2.44. The molecule has 254 valence electrons. The molecule has 0 spiro atoms. The van der Waals surface area contributed by atoms with Crippen molar-refractivity contribution in [2.24, 2.45) is 5.41 Å². The first-order valence-corrected chi connectivity index (χ1v) is 17.5. The van der Waals surface area contributed by atoms with E-state index in [0.29, 0.717) is 19.3 Å². The molecule has 0 unspecified atom stereocenters. The van der Waals surface area contributed by atoms with E-state index in [1.165, 1.54) is 4.90 Å². The number of β-amino-alcohol motifs (C(OH)–C–C–N with tert-alkyl or cyclic N) is 1. The van der Waals surface area contributed by atoms with Gasteiger partial charge in [-0.1, -0.05) is 83.6 Å². The second-order valence-corrected chi connectivity index (χ2v) is 14.5. The normalized spacial score (nSPS) is 17.8. The van der Waals surface area contributed by atoms with Crippen LogP contribution < -0.4 is 10.6 Å². The number of carbonyl (C=O) groups excluding carboxylic acids is 3. The van der Waals surface area contributed by atoms with Crippen LogP contribution in [0, 0.1) is 12.3 Å². The zero-order chi connectivity index (χ0) is 33.9. The Balaban J connectivity index is 1.51. The number of unbranched alkanes of at least 4 members (excludes halogenated alkanes) is 7. The summed E-state index contributed by atoms with van der Waals surface area (Å²) >= 11 is 1.58. The summed E-state index contributed by atoms with van der Waals surface area (Å²) in [4.78, 5) is 57.7. The van der Waals surface area contributed by atoms with Crippen LogP contribution in [0.25, 0.3) is 10.4 Å². The Kier molecular flexibility index (Phi) is 14.2. The smallest absolute Gasteiger partial charge is 0.303 e. The number of aliphatic hydroxyl groups is 1. The van der Waals surface area contributed by atoms with Crippen molar-refractivity contribution in [1.29, 1.82) is 0 Å². The fourth-order valence-electron chi connectivity index (χ4n) is 5.87. The molecular weight excluding hydrogens is 604 g/mol. The number of aromatic nitrogens is 1. The van der Waals surface area contributed by atoms with Crippen molar-refractivity contribution in [2.45, 2.75) is 129 Å². The Morgan fingerprint density at radius 1 is 0.957 bits per heavy atom. The van der Waals surface area contributed by atoms with Crippen molar-refractivity contribution in [3.8, 4) is 10.4 Å². The summed E-state index contributed by atoms with van der Waals surface area (Å²) in [6, 6.07) is 5.98. The molecular formula is C35H52N4O6S. The largest absolute Gasteiger partial charge is 0.481 e. The van der Waals surface area contributed by atoms with Crippen LogP contribution in [-0.4, -0.2) is 68.5 Å². The summed E-state index contributed by atoms with van der Waals surface area (Å²) in [7, 11) is 0. The zero-order valence-electron chi connectivity index (χ0n) is 28.0. The average Bonchev–Trinajstić information content (AvgIpc) is 3.61. The molecule has 1 aromatic heterocycles. The zero-order valence-corrected chi connectivity index (χ0v) is 28.8. The molecule has 0 saturated carbocycles. The van der Waals surface area contributed by atoms with Crippen molar-refractivity contribution in [1.82, 2.24) is 20.5 Å². The SMILES string of the molecule is Cc1ncsc1-c1ccc([C@H](C)NC(=O)[C@@H]2C[C@@H](O)CN2C(=O)[C@@H](NC(=O)CCCCCCCCCCC(=O)O)C(C)(C)C)cc1. The predicted molar refractivity (Wildman–Crippen MR) is 180 cm³/mol. The van der Waals surface area contributed by atoms with E-state index < -0.39 is 29.6 Å². The molecule has 1 aliphatic heterocycles. The number of hydrogen-bond acceptors (Lipinski definition) is 7. The van der Waals surface area contributed by atoms with Gasteiger partial charge in [0.25, 0.3) is 0 Å².